The summed E-state index contributed by atoms with van der Waals surface area (Å²) in [5, 5.41) is 0.627. The summed E-state index contributed by atoms with van der Waals surface area (Å²) in [7, 11) is 1.27. The number of anilines is 2. The van der Waals surface area contributed by atoms with Gasteiger partial charge in [-0.25, -0.2) is 4.79 Å². The van der Waals surface area contributed by atoms with Crippen LogP contribution < -0.4 is 22.1 Å². The Bertz CT molecular complexity index is 535. The molecule has 1 aliphatic rings. The van der Waals surface area contributed by atoms with Crippen molar-refractivity contribution in [2.75, 3.05) is 30.8 Å². The minimum atomic E-state index is -0.640. The van der Waals surface area contributed by atoms with Crippen molar-refractivity contribution in [3.8, 4) is 0 Å². The molecular weight excluding hydrogens is 280 g/mol. The average Bonchev–Trinajstić information content (AvgIpc) is 2.76. The molecule has 0 radical (unpaired) electrons. The minimum absolute atomic E-state index is 0.0965. The number of thiophene rings is 1. The van der Waals surface area contributed by atoms with Gasteiger partial charge in [-0.3, -0.25) is 4.79 Å². The van der Waals surface area contributed by atoms with E-state index in [1.54, 1.807) is 0 Å². The first-order valence-electron chi connectivity index (χ1n) is 6.26. The van der Waals surface area contributed by atoms with Crippen molar-refractivity contribution in [1.29, 1.82) is 0 Å². The molecule has 0 aliphatic carbocycles. The molecule has 6 N–H and O–H groups in total. The van der Waals surface area contributed by atoms with Crippen LogP contribution >= 0.6 is 11.3 Å². The zero-order chi connectivity index (χ0) is 14.9. The molecule has 110 valence electrons. The van der Waals surface area contributed by atoms with Gasteiger partial charge in [0.25, 0.3) is 5.91 Å². The predicted octanol–water partition coefficient (Wildman–Crippen LogP) is 0.143. The van der Waals surface area contributed by atoms with E-state index < -0.39 is 11.9 Å². The van der Waals surface area contributed by atoms with Crippen molar-refractivity contribution in [3.05, 3.63) is 10.4 Å². The van der Waals surface area contributed by atoms with Gasteiger partial charge in [0.15, 0.2) is 0 Å². The second-order valence-electron chi connectivity index (χ2n) is 4.71. The van der Waals surface area contributed by atoms with Crippen LogP contribution in [0.4, 0.5) is 10.7 Å². The number of rotatable bonds is 3. The van der Waals surface area contributed by atoms with Crippen molar-refractivity contribution in [2.24, 2.45) is 11.5 Å². The van der Waals surface area contributed by atoms with E-state index in [9.17, 15) is 9.59 Å². The lowest BCUT2D eigenvalue weighted by atomic mass is 10.1. The van der Waals surface area contributed by atoms with Gasteiger partial charge in [-0.15, -0.1) is 11.3 Å². The molecule has 1 amide bonds. The highest BCUT2D eigenvalue weighted by Crippen LogP contribution is 2.39. The number of esters is 1. The fourth-order valence-electron chi connectivity index (χ4n) is 2.24. The van der Waals surface area contributed by atoms with Crippen LogP contribution in [0.1, 0.15) is 32.9 Å². The van der Waals surface area contributed by atoms with Gasteiger partial charge < -0.3 is 26.8 Å². The number of primary amides is 1. The first-order valence-corrected chi connectivity index (χ1v) is 7.08. The van der Waals surface area contributed by atoms with Gasteiger partial charge in [0.1, 0.15) is 9.88 Å². The van der Waals surface area contributed by atoms with E-state index in [-0.39, 0.29) is 22.2 Å². The summed E-state index contributed by atoms with van der Waals surface area (Å²) >= 11 is 1.14. The molecule has 2 rings (SSSR count). The second kappa shape index (κ2) is 5.68. The third kappa shape index (κ3) is 2.56. The fraction of sp³-hybridized carbons (Fsp3) is 0.500. The Hall–Kier alpha value is -1.80. The van der Waals surface area contributed by atoms with Crippen LogP contribution in [0.25, 0.3) is 0 Å². The Labute approximate surface area is 120 Å². The fourth-order valence-corrected chi connectivity index (χ4v) is 3.44. The number of carbonyl (C=O) groups is 2. The van der Waals surface area contributed by atoms with Crippen LogP contribution in [-0.4, -0.2) is 38.1 Å². The zero-order valence-corrected chi connectivity index (χ0v) is 12.0. The van der Waals surface area contributed by atoms with E-state index in [1.807, 2.05) is 4.90 Å². The normalized spacial score (nSPS) is 16.2. The molecule has 0 aromatic carbocycles. The molecular formula is C12H18N4O3S. The molecule has 1 saturated heterocycles. The van der Waals surface area contributed by atoms with Gasteiger partial charge in [0.2, 0.25) is 0 Å². The number of amides is 1. The van der Waals surface area contributed by atoms with E-state index in [0.29, 0.717) is 18.1 Å². The Morgan fingerprint density at radius 2 is 1.95 bits per heavy atom. The largest absolute Gasteiger partial charge is 0.465 e. The molecule has 0 unspecified atom stereocenters. The maximum Gasteiger partial charge on any atom is 0.350 e. The zero-order valence-electron chi connectivity index (χ0n) is 11.2. The Balaban J connectivity index is 2.41. The van der Waals surface area contributed by atoms with E-state index in [4.69, 9.17) is 17.2 Å². The number of nitrogens with zero attached hydrogens (tertiary/aromatic N) is 1. The summed E-state index contributed by atoms with van der Waals surface area (Å²) in [5.74, 6) is -1.20. The summed E-state index contributed by atoms with van der Waals surface area (Å²) in [4.78, 5) is 25.5. The molecule has 0 bridgehead atoms. The maximum absolute atomic E-state index is 11.7. The monoisotopic (exact) mass is 298 g/mol. The highest BCUT2D eigenvalue weighted by Gasteiger charge is 2.29. The molecule has 0 atom stereocenters. The number of methoxy groups -OCH3 is 1. The Kier molecular flexibility index (Phi) is 4.15. The number of ether oxygens (including phenoxy) is 1. The molecule has 1 aliphatic heterocycles. The minimum Gasteiger partial charge on any atom is -0.465 e. The summed E-state index contributed by atoms with van der Waals surface area (Å²) in [6.07, 6.45) is 1.65. The van der Waals surface area contributed by atoms with Crippen molar-refractivity contribution in [1.82, 2.24) is 0 Å². The smallest absolute Gasteiger partial charge is 0.350 e. The lowest BCUT2D eigenvalue weighted by molar-refractivity contribution is 0.0607. The van der Waals surface area contributed by atoms with Crippen molar-refractivity contribution < 1.29 is 14.3 Å². The maximum atomic E-state index is 11.7. The number of nitrogen functional groups attached to an aromatic ring is 1. The van der Waals surface area contributed by atoms with Gasteiger partial charge >= 0.3 is 5.97 Å². The third-order valence-corrected chi connectivity index (χ3v) is 4.62. The van der Waals surface area contributed by atoms with E-state index in [0.717, 1.165) is 24.2 Å². The van der Waals surface area contributed by atoms with E-state index in [1.165, 1.54) is 7.11 Å². The Morgan fingerprint density at radius 1 is 1.35 bits per heavy atom. The number of hydrogen-bond acceptors (Lipinski definition) is 7. The quantitative estimate of drug-likeness (QED) is 0.682. The van der Waals surface area contributed by atoms with Crippen LogP contribution in [0, 0.1) is 0 Å². The molecule has 1 aromatic heterocycles. The van der Waals surface area contributed by atoms with Crippen molar-refractivity contribution in [2.45, 2.75) is 18.9 Å². The summed E-state index contributed by atoms with van der Waals surface area (Å²) in [5.41, 5.74) is 17.4. The number of piperidine rings is 1. The van der Waals surface area contributed by atoms with E-state index >= 15 is 0 Å². The molecule has 7 nitrogen and oxygen atoms in total. The molecule has 2 heterocycles. The highest BCUT2D eigenvalue weighted by molar-refractivity contribution is 7.19. The standard InChI is InChI=1S/C12H18N4O3S/c1-19-12(18)9-8(14)7(10(15)17)11(20-9)16-4-2-6(13)3-5-16/h6H,2-5,13-14H2,1H3,(H2,15,17). The molecule has 1 fully saturated rings. The average molecular weight is 298 g/mol. The van der Waals surface area contributed by atoms with Crippen molar-refractivity contribution in [3.63, 3.8) is 0 Å². The van der Waals surface area contributed by atoms with Gasteiger partial charge in [0, 0.05) is 19.1 Å². The number of carbonyl (C=O) groups excluding carboxylic acids is 2. The Morgan fingerprint density at radius 3 is 2.45 bits per heavy atom. The van der Waals surface area contributed by atoms with E-state index in [2.05, 4.69) is 4.74 Å². The van der Waals surface area contributed by atoms with Gasteiger partial charge in [0.05, 0.1) is 18.4 Å². The van der Waals surface area contributed by atoms with Gasteiger partial charge in [-0.2, -0.15) is 0 Å². The van der Waals surface area contributed by atoms with Crippen LogP contribution in [-0.2, 0) is 4.74 Å². The summed E-state index contributed by atoms with van der Waals surface area (Å²) < 4.78 is 4.67. The topological polar surface area (TPSA) is 125 Å². The third-order valence-electron chi connectivity index (χ3n) is 3.37. The first kappa shape index (κ1) is 14.6. The van der Waals surface area contributed by atoms with Gasteiger partial charge in [-0.1, -0.05) is 0 Å². The van der Waals surface area contributed by atoms with Crippen molar-refractivity contribution >= 4 is 33.9 Å². The molecule has 1 aromatic rings. The summed E-state index contributed by atoms with van der Waals surface area (Å²) in [6.45, 7) is 1.42. The lowest BCUT2D eigenvalue weighted by Gasteiger charge is -2.31. The van der Waals surface area contributed by atoms with Crippen LogP contribution in [0.3, 0.4) is 0 Å². The number of nitrogens with two attached hydrogens (primary N) is 3. The van der Waals surface area contributed by atoms with Crippen LogP contribution in [0.5, 0.6) is 0 Å². The SMILES string of the molecule is COC(=O)c1sc(N2CCC(N)CC2)c(C(N)=O)c1N. The molecule has 8 heteroatoms. The predicted molar refractivity (Wildman–Crippen MR) is 78.0 cm³/mol. The highest BCUT2D eigenvalue weighted by atomic mass is 32.1. The van der Waals surface area contributed by atoms with Gasteiger partial charge in [-0.05, 0) is 12.8 Å². The lowest BCUT2D eigenvalue weighted by Crippen LogP contribution is -2.40. The molecule has 0 saturated carbocycles. The van der Waals surface area contributed by atoms with Crippen LogP contribution in [0.2, 0.25) is 0 Å². The first-order chi connectivity index (χ1) is 9.45. The molecule has 20 heavy (non-hydrogen) atoms. The number of hydrogen-bond donors (Lipinski definition) is 3. The molecule has 0 spiro atoms. The van der Waals surface area contributed by atoms with Crippen LogP contribution in [0.15, 0.2) is 0 Å². The second-order valence-corrected chi connectivity index (χ2v) is 5.70. The summed E-state index contributed by atoms with van der Waals surface area (Å²) in [6, 6.07) is 0.167.